The van der Waals surface area contributed by atoms with E-state index in [2.05, 4.69) is 22.5 Å². The zero-order valence-electron chi connectivity index (χ0n) is 15.6. The summed E-state index contributed by atoms with van der Waals surface area (Å²) in [5.74, 6) is -0.189. The van der Waals surface area contributed by atoms with Crippen molar-refractivity contribution in [3.63, 3.8) is 0 Å². The molecule has 3 amide bonds. The van der Waals surface area contributed by atoms with E-state index in [4.69, 9.17) is 4.74 Å². The van der Waals surface area contributed by atoms with Crippen molar-refractivity contribution in [2.24, 2.45) is 5.92 Å². The highest BCUT2D eigenvalue weighted by Gasteiger charge is 2.38. The van der Waals surface area contributed by atoms with Gasteiger partial charge in [0.25, 0.3) is 0 Å². The lowest BCUT2D eigenvalue weighted by Gasteiger charge is -2.34. The lowest BCUT2D eigenvalue weighted by atomic mass is 9.85. The Kier molecular flexibility index (Phi) is 5.16. The number of amides is 3. The standard InChI is InChI=1S/C21H23N3O3/c1-12-5-10-17(13(2)11-12)19-18(14(3)22-21(26)24-19)20(25)23-15-6-8-16(27-4)9-7-15/h5-11,18-19H,3H2,1-2,4H3,(H,23,25)(H2,22,24,26)/t18-,19+/m0/s1. The van der Waals surface area contributed by atoms with E-state index in [-0.39, 0.29) is 11.9 Å². The number of rotatable bonds is 4. The van der Waals surface area contributed by atoms with Gasteiger partial charge in [0.2, 0.25) is 5.91 Å². The molecule has 0 aliphatic carbocycles. The second kappa shape index (κ2) is 7.53. The number of carbonyl (C=O) groups excluding carboxylic acids is 2. The number of aryl methyl sites for hydroxylation is 2. The Morgan fingerprint density at radius 1 is 1.15 bits per heavy atom. The number of carbonyl (C=O) groups is 2. The van der Waals surface area contributed by atoms with Crippen molar-refractivity contribution in [3.8, 4) is 5.75 Å². The fourth-order valence-electron chi connectivity index (χ4n) is 3.32. The lowest BCUT2D eigenvalue weighted by Crippen LogP contribution is -2.52. The van der Waals surface area contributed by atoms with Gasteiger partial charge in [0.1, 0.15) is 11.7 Å². The molecule has 2 atom stereocenters. The zero-order valence-corrected chi connectivity index (χ0v) is 15.6. The van der Waals surface area contributed by atoms with E-state index in [1.165, 1.54) is 0 Å². The fourth-order valence-corrected chi connectivity index (χ4v) is 3.32. The third-order valence-corrected chi connectivity index (χ3v) is 4.67. The summed E-state index contributed by atoms with van der Waals surface area (Å²) in [6.07, 6.45) is 0. The van der Waals surface area contributed by atoms with Crippen molar-refractivity contribution in [2.45, 2.75) is 19.9 Å². The van der Waals surface area contributed by atoms with E-state index < -0.39 is 12.0 Å². The van der Waals surface area contributed by atoms with Gasteiger partial charge in [0.05, 0.1) is 13.2 Å². The lowest BCUT2D eigenvalue weighted by molar-refractivity contribution is -0.119. The first-order chi connectivity index (χ1) is 12.9. The normalized spacial score (nSPS) is 19.1. The Labute approximate surface area is 158 Å². The first-order valence-corrected chi connectivity index (χ1v) is 8.67. The number of hydrogen-bond donors (Lipinski definition) is 3. The largest absolute Gasteiger partial charge is 0.497 e. The van der Waals surface area contributed by atoms with Crippen molar-refractivity contribution in [1.29, 1.82) is 0 Å². The number of urea groups is 1. The second-order valence-electron chi connectivity index (χ2n) is 6.66. The van der Waals surface area contributed by atoms with Crippen LogP contribution in [0.5, 0.6) is 5.75 Å². The van der Waals surface area contributed by atoms with Crippen LogP contribution in [0.1, 0.15) is 22.7 Å². The van der Waals surface area contributed by atoms with E-state index in [0.29, 0.717) is 17.1 Å². The number of ether oxygens (including phenoxy) is 1. The third kappa shape index (κ3) is 3.95. The Hall–Kier alpha value is -3.28. The smallest absolute Gasteiger partial charge is 0.319 e. The highest BCUT2D eigenvalue weighted by molar-refractivity contribution is 5.97. The van der Waals surface area contributed by atoms with Crippen molar-refractivity contribution < 1.29 is 14.3 Å². The van der Waals surface area contributed by atoms with Gasteiger partial charge in [-0.25, -0.2) is 4.79 Å². The van der Waals surface area contributed by atoms with Gasteiger partial charge in [-0.2, -0.15) is 0 Å². The molecule has 1 aliphatic rings. The van der Waals surface area contributed by atoms with E-state index in [0.717, 1.165) is 16.7 Å². The summed E-state index contributed by atoms with van der Waals surface area (Å²) in [6.45, 7) is 7.88. The van der Waals surface area contributed by atoms with E-state index >= 15 is 0 Å². The van der Waals surface area contributed by atoms with Crippen molar-refractivity contribution in [1.82, 2.24) is 10.6 Å². The summed E-state index contributed by atoms with van der Waals surface area (Å²) in [6, 6.07) is 12.2. The number of methoxy groups -OCH3 is 1. The van der Waals surface area contributed by atoms with Crippen LogP contribution in [0.2, 0.25) is 0 Å². The Morgan fingerprint density at radius 2 is 1.85 bits per heavy atom. The molecule has 1 saturated heterocycles. The first kappa shape index (κ1) is 18.5. The highest BCUT2D eigenvalue weighted by Crippen LogP contribution is 2.32. The average molecular weight is 365 g/mol. The molecule has 6 nitrogen and oxygen atoms in total. The second-order valence-corrected chi connectivity index (χ2v) is 6.66. The minimum atomic E-state index is -0.647. The monoisotopic (exact) mass is 365 g/mol. The molecular weight excluding hydrogens is 342 g/mol. The van der Waals surface area contributed by atoms with Crippen molar-refractivity contribution >= 4 is 17.6 Å². The SMILES string of the molecule is C=C1NC(=O)N[C@H](c2ccc(C)cc2C)[C@H]1C(=O)Nc1ccc(OC)cc1. The molecule has 0 spiro atoms. The third-order valence-electron chi connectivity index (χ3n) is 4.67. The van der Waals surface area contributed by atoms with Gasteiger partial charge in [0.15, 0.2) is 0 Å². The Morgan fingerprint density at radius 3 is 2.48 bits per heavy atom. The number of benzene rings is 2. The van der Waals surface area contributed by atoms with Crippen LogP contribution in [-0.4, -0.2) is 19.0 Å². The van der Waals surface area contributed by atoms with Gasteiger partial charge in [-0.3, -0.25) is 4.79 Å². The molecule has 1 fully saturated rings. The topological polar surface area (TPSA) is 79.5 Å². The molecule has 0 aromatic heterocycles. The summed E-state index contributed by atoms with van der Waals surface area (Å²) < 4.78 is 5.13. The Bertz CT molecular complexity index is 890. The maximum Gasteiger partial charge on any atom is 0.319 e. The van der Waals surface area contributed by atoms with Gasteiger partial charge in [-0.1, -0.05) is 30.3 Å². The molecule has 1 aliphatic heterocycles. The van der Waals surface area contributed by atoms with Crippen LogP contribution in [0.3, 0.4) is 0 Å². The van der Waals surface area contributed by atoms with Crippen LogP contribution >= 0.6 is 0 Å². The van der Waals surface area contributed by atoms with E-state index in [9.17, 15) is 9.59 Å². The number of nitrogens with one attached hydrogen (secondary N) is 3. The molecule has 2 aromatic carbocycles. The first-order valence-electron chi connectivity index (χ1n) is 8.67. The quantitative estimate of drug-likeness (QED) is 0.777. The van der Waals surface area contributed by atoms with Gasteiger partial charge in [-0.05, 0) is 49.2 Å². The molecule has 1 heterocycles. The molecule has 6 heteroatoms. The van der Waals surface area contributed by atoms with Crippen LogP contribution in [0.4, 0.5) is 10.5 Å². The van der Waals surface area contributed by atoms with Crippen LogP contribution in [0.25, 0.3) is 0 Å². The summed E-state index contributed by atoms with van der Waals surface area (Å²) in [5.41, 5.74) is 4.04. The molecule has 140 valence electrons. The molecule has 0 bridgehead atoms. The molecule has 0 radical (unpaired) electrons. The van der Waals surface area contributed by atoms with Crippen molar-refractivity contribution in [2.75, 3.05) is 12.4 Å². The van der Waals surface area contributed by atoms with Crippen LogP contribution in [0, 0.1) is 19.8 Å². The van der Waals surface area contributed by atoms with Crippen LogP contribution in [-0.2, 0) is 4.79 Å². The van der Waals surface area contributed by atoms with Gasteiger partial charge in [0, 0.05) is 11.4 Å². The molecule has 0 saturated carbocycles. The zero-order chi connectivity index (χ0) is 19.6. The fraction of sp³-hybridized carbons (Fsp3) is 0.238. The molecular formula is C21H23N3O3. The van der Waals surface area contributed by atoms with Crippen LogP contribution in [0.15, 0.2) is 54.7 Å². The maximum atomic E-state index is 13.0. The summed E-state index contributed by atoms with van der Waals surface area (Å²) in [5, 5.41) is 8.38. The van der Waals surface area contributed by atoms with E-state index in [1.54, 1.807) is 31.4 Å². The van der Waals surface area contributed by atoms with Gasteiger partial charge in [-0.15, -0.1) is 0 Å². The molecule has 0 unspecified atom stereocenters. The van der Waals surface area contributed by atoms with Gasteiger partial charge >= 0.3 is 6.03 Å². The number of hydrogen-bond acceptors (Lipinski definition) is 3. The number of anilines is 1. The predicted molar refractivity (Wildman–Crippen MR) is 105 cm³/mol. The summed E-state index contributed by atoms with van der Waals surface area (Å²) >= 11 is 0. The molecule has 3 rings (SSSR count). The van der Waals surface area contributed by atoms with Crippen molar-refractivity contribution in [3.05, 3.63) is 71.4 Å². The van der Waals surface area contributed by atoms with Gasteiger partial charge < -0.3 is 20.7 Å². The highest BCUT2D eigenvalue weighted by atomic mass is 16.5. The Balaban J connectivity index is 1.89. The maximum absolute atomic E-state index is 13.0. The summed E-state index contributed by atoms with van der Waals surface area (Å²) in [7, 11) is 1.59. The minimum Gasteiger partial charge on any atom is -0.497 e. The van der Waals surface area contributed by atoms with E-state index in [1.807, 2.05) is 32.0 Å². The summed E-state index contributed by atoms with van der Waals surface area (Å²) in [4.78, 5) is 25.0. The predicted octanol–water partition coefficient (Wildman–Crippen LogP) is 3.43. The average Bonchev–Trinajstić information content (AvgIpc) is 2.61. The molecule has 27 heavy (non-hydrogen) atoms. The van der Waals surface area contributed by atoms with Crippen LogP contribution < -0.4 is 20.7 Å². The molecule has 2 aromatic rings. The minimum absolute atomic E-state index is 0.248. The molecule has 3 N–H and O–H groups in total.